The minimum absolute atomic E-state index is 0.240. The highest BCUT2D eigenvalue weighted by Crippen LogP contribution is 2.16. The second kappa shape index (κ2) is 2.65. The Kier molecular flexibility index (Phi) is 2.08. The fourth-order valence-corrected chi connectivity index (χ4v) is 1.26. The monoisotopic (exact) mass is 175 g/mol. The van der Waals surface area contributed by atoms with Gasteiger partial charge in [-0.15, -0.1) is 0 Å². The summed E-state index contributed by atoms with van der Waals surface area (Å²) >= 11 is 3.48. The van der Waals surface area contributed by atoms with E-state index in [-0.39, 0.29) is 6.04 Å². The van der Waals surface area contributed by atoms with E-state index in [0.717, 1.165) is 0 Å². The van der Waals surface area contributed by atoms with Crippen molar-refractivity contribution in [1.29, 1.82) is 0 Å². The smallest absolute Gasteiger partial charge is 0.0351 e. The average molecular weight is 176 g/mol. The molecule has 1 rings (SSSR count). The van der Waals surface area contributed by atoms with Crippen LogP contribution in [0.2, 0.25) is 0 Å². The molecule has 0 saturated carbocycles. The molecule has 2 heteroatoms. The van der Waals surface area contributed by atoms with Crippen LogP contribution in [-0.2, 0) is 0 Å². The third-order valence-corrected chi connectivity index (χ3v) is 2.45. The van der Waals surface area contributed by atoms with Crippen molar-refractivity contribution in [1.82, 2.24) is 0 Å². The predicted octanol–water partition coefficient (Wildman–Crippen LogP) is 1.43. The van der Waals surface area contributed by atoms with E-state index in [0.29, 0.717) is 4.83 Å². The zero-order chi connectivity index (χ0) is 5.98. The lowest BCUT2D eigenvalue weighted by molar-refractivity contribution is 0.672. The van der Waals surface area contributed by atoms with Crippen molar-refractivity contribution in [3.05, 3.63) is 12.2 Å². The van der Waals surface area contributed by atoms with Crippen molar-refractivity contribution in [2.75, 3.05) is 0 Å². The molecule has 0 aromatic heterocycles. The van der Waals surface area contributed by atoms with Crippen LogP contribution in [0.3, 0.4) is 0 Å². The summed E-state index contributed by atoms with van der Waals surface area (Å²) in [5.74, 6) is 0. The minimum atomic E-state index is 0.240. The summed E-state index contributed by atoms with van der Waals surface area (Å²) in [5.41, 5.74) is 5.64. The molecule has 2 unspecified atom stereocenters. The van der Waals surface area contributed by atoms with E-state index in [1.807, 2.05) is 0 Å². The van der Waals surface area contributed by atoms with Crippen molar-refractivity contribution < 1.29 is 0 Å². The third kappa shape index (κ3) is 1.33. The van der Waals surface area contributed by atoms with E-state index in [1.54, 1.807) is 0 Å². The normalized spacial score (nSPS) is 37.8. The first kappa shape index (κ1) is 6.30. The van der Waals surface area contributed by atoms with Gasteiger partial charge in [-0.05, 0) is 12.8 Å². The van der Waals surface area contributed by atoms with Crippen molar-refractivity contribution in [2.45, 2.75) is 23.7 Å². The van der Waals surface area contributed by atoms with E-state index >= 15 is 0 Å². The second-order valence-corrected chi connectivity index (χ2v) is 3.27. The van der Waals surface area contributed by atoms with Gasteiger partial charge in [0.2, 0.25) is 0 Å². The Bertz CT molecular complexity index is 101. The van der Waals surface area contributed by atoms with E-state index in [4.69, 9.17) is 5.73 Å². The van der Waals surface area contributed by atoms with Crippen LogP contribution in [0.1, 0.15) is 12.8 Å². The maximum absolute atomic E-state index is 5.64. The molecule has 0 heterocycles. The SMILES string of the molecule is NC1C=CCCC1Br. The summed E-state index contributed by atoms with van der Waals surface area (Å²) in [6.45, 7) is 0. The number of halogens is 1. The summed E-state index contributed by atoms with van der Waals surface area (Å²) < 4.78 is 0. The highest BCUT2D eigenvalue weighted by Gasteiger charge is 2.12. The maximum atomic E-state index is 5.64. The van der Waals surface area contributed by atoms with Crippen molar-refractivity contribution in [3.8, 4) is 0 Å². The topological polar surface area (TPSA) is 26.0 Å². The molecular formula is C6H10BrN. The predicted molar refractivity (Wildman–Crippen MR) is 39.1 cm³/mol. The molecule has 46 valence electrons. The van der Waals surface area contributed by atoms with Gasteiger partial charge in [0.25, 0.3) is 0 Å². The Labute approximate surface area is 58.1 Å². The van der Waals surface area contributed by atoms with E-state index in [1.165, 1.54) is 12.8 Å². The van der Waals surface area contributed by atoms with Gasteiger partial charge in [0.1, 0.15) is 0 Å². The lowest BCUT2D eigenvalue weighted by atomic mass is 10.0. The van der Waals surface area contributed by atoms with Crippen LogP contribution in [0, 0.1) is 0 Å². The molecule has 2 atom stereocenters. The maximum Gasteiger partial charge on any atom is 0.0351 e. The lowest BCUT2D eigenvalue weighted by Gasteiger charge is -2.17. The molecule has 2 N–H and O–H groups in total. The number of allylic oxidation sites excluding steroid dienone is 1. The number of hydrogen-bond donors (Lipinski definition) is 1. The Morgan fingerprint density at radius 1 is 1.62 bits per heavy atom. The van der Waals surface area contributed by atoms with Crippen LogP contribution in [0.4, 0.5) is 0 Å². The molecule has 1 aliphatic carbocycles. The van der Waals surface area contributed by atoms with Crippen molar-refractivity contribution >= 4 is 15.9 Å². The summed E-state index contributed by atoms with van der Waals surface area (Å²) in [7, 11) is 0. The van der Waals surface area contributed by atoms with Crippen LogP contribution in [0.5, 0.6) is 0 Å². The van der Waals surface area contributed by atoms with Crippen molar-refractivity contribution in [2.24, 2.45) is 5.73 Å². The van der Waals surface area contributed by atoms with Gasteiger partial charge in [-0.25, -0.2) is 0 Å². The zero-order valence-electron chi connectivity index (χ0n) is 4.68. The Hall–Kier alpha value is 0.180. The standard InChI is InChI=1S/C6H10BrN/c7-5-3-1-2-4-6(5)8/h2,4-6H,1,3,8H2. The molecule has 8 heavy (non-hydrogen) atoms. The number of rotatable bonds is 0. The zero-order valence-corrected chi connectivity index (χ0v) is 6.26. The summed E-state index contributed by atoms with van der Waals surface area (Å²) in [6, 6.07) is 0.240. The van der Waals surface area contributed by atoms with Gasteiger partial charge in [-0.1, -0.05) is 28.1 Å². The molecule has 1 aliphatic rings. The van der Waals surface area contributed by atoms with Crippen LogP contribution in [0.15, 0.2) is 12.2 Å². The summed E-state index contributed by atoms with van der Waals surface area (Å²) in [5, 5.41) is 0. The van der Waals surface area contributed by atoms with Gasteiger partial charge in [0.05, 0.1) is 0 Å². The van der Waals surface area contributed by atoms with Gasteiger partial charge in [-0.3, -0.25) is 0 Å². The third-order valence-electron chi connectivity index (χ3n) is 1.39. The van der Waals surface area contributed by atoms with Crippen LogP contribution in [0.25, 0.3) is 0 Å². The first-order chi connectivity index (χ1) is 3.80. The molecule has 0 aliphatic heterocycles. The Morgan fingerprint density at radius 2 is 2.38 bits per heavy atom. The molecule has 0 radical (unpaired) electrons. The second-order valence-electron chi connectivity index (χ2n) is 2.10. The van der Waals surface area contributed by atoms with Gasteiger partial charge >= 0.3 is 0 Å². The number of alkyl halides is 1. The Balaban J connectivity index is 2.47. The first-order valence-corrected chi connectivity index (χ1v) is 3.78. The average Bonchev–Trinajstić information content (AvgIpc) is 1.77. The fraction of sp³-hybridized carbons (Fsp3) is 0.667. The molecule has 0 bridgehead atoms. The highest BCUT2D eigenvalue weighted by atomic mass is 79.9. The fourth-order valence-electron chi connectivity index (χ4n) is 0.822. The summed E-state index contributed by atoms with van der Waals surface area (Å²) in [6.07, 6.45) is 6.55. The highest BCUT2D eigenvalue weighted by molar-refractivity contribution is 9.09. The van der Waals surface area contributed by atoms with Crippen LogP contribution < -0.4 is 5.73 Å². The largest absolute Gasteiger partial charge is 0.324 e. The molecular weight excluding hydrogens is 166 g/mol. The number of nitrogens with two attached hydrogens (primary N) is 1. The van der Waals surface area contributed by atoms with E-state index in [2.05, 4.69) is 28.1 Å². The van der Waals surface area contributed by atoms with Crippen LogP contribution >= 0.6 is 15.9 Å². The van der Waals surface area contributed by atoms with E-state index < -0.39 is 0 Å². The molecule has 0 amide bonds. The molecule has 0 aromatic rings. The lowest BCUT2D eigenvalue weighted by Crippen LogP contribution is -2.29. The van der Waals surface area contributed by atoms with Crippen molar-refractivity contribution in [3.63, 3.8) is 0 Å². The molecule has 1 nitrogen and oxygen atoms in total. The molecule has 0 fully saturated rings. The minimum Gasteiger partial charge on any atom is -0.324 e. The number of hydrogen-bond acceptors (Lipinski definition) is 1. The molecule has 0 spiro atoms. The Morgan fingerprint density at radius 3 is 2.75 bits per heavy atom. The van der Waals surface area contributed by atoms with E-state index in [9.17, 15) is 0 Å². The van der Waals surface area contributed by atoms with Gasteiger partial charge in [0.15, 0.2) is 0 Å². The first-order valence-electron chi connectivity index (χ1n) is 2.87. The van der Waals surface area contributed by atoms with Gasteiger partial charge in [-0.2, -0.15) is 0 Å². The molecule has 0 aromatic carbocycles. The van der Waals surface area contributed by atoms with Gasteiger partial charge < -0.3 is 5.73 Å². The summed E-state index contributed by atoms with van der Waals surface area (Å²) in [4.78, 5) is 0.507. The molecule has 0 saturated heterocycles. The van der Waals surface area contributed by atoms with Crippen LogP contribution in [-0.4, -0.2) is 10.9 Å². The van der Waals surface area contributed by atoms with Gasteiger partial charge in [0, 0.05) is 10.9 Å². The quantitative estimate of drug-likeness (QED) is 0.438.